The summed E-state index contributed by atoms with van der Waals surface area (Å²) in [5.74, 6) is -0.240. The lowest BCUT2D eigenvalue weighted by atomic mass is 10.0. The van der Waals surface area contributed by atoms with Crippen LogP contribution in [0.2, 0.25) is 0 Å². The SMILES string of the molecule is O=C(Nc1cccc(C(=O)N2CCCc3ccccc32)c1)c1ccc(Br)o1. The van der Waals surface area contributed by atoms with Crippen LogP contribution >= 0.6 is 15.9 Å². The molecule has 3 aromatic rings. The first-order chi connectivity index (χ1) is 13.1. The summed E-state index contributed by atoms with van der Waals surface area (Å²) in [5, 5.41) is 2.76. The zero-order valence-corrected chi connectivity index (χ0v) is 16.0. The minimum atomic E-state index is -0.367. The molecule has 5 nitrogen and oxygen atoms in total. The lowest BCUT2D eigenvalue weighted by molar-refractivity contribution is 0.0979. The number of carbonyl (C=O) groups excluding carboxylic acids is 2. The molecule has 2 heterocycles. The number of hydrogen-bond donors (Lipinski definition) is 1. The van der Waals surface area contributed by atoms with Gasteiger partial charge in [-0.3, -0.25) is 9.59 Å². The summed E-state index contributed by atoms with van der Waals surface area (Å²) in [7, 11) is 0. The fourth-order valence-electron chi connectivity index (χ4n) is 3.26. The Hall–Kier alpha value is -2.86. The van der Waals surface area contributed by atoms with E-state index in [1.807, 2.05) is 23.1 Å². The van der Waals surface area contributed by atoms with Gasteiger partial charge in [0.2, 0.25) is 0 Å². The van der Waals surface area contributed by atoms with Gasteiger partial charge in [-0.2, -0.15) is 0 Å². The van der Waals surface area contributed by atoms with Gasteiger partial charge in [-0.1, -0.05) is 24.3 Å². The maximum atomic E-state index is 13.1. The van der Waals surface area contributed by atoms with E-state index in [4.69, 9.17) is 4.42 Å². The van der Waals surface area contributed by atoms with Gasteiger partial charge in [0, 0.05) is 23.5 Å². The Morgan fingerprint density at radius 2 is 1.89 bits per heavy atom. The van der Waals surface area contributed by atoms with Gasteiger partial charge in [0.25, 0.3) is 11.8 Å². The fourth-order valence-corrected chi connectivity index (χ4v) is 3.57. The standard InChI is InChI=1S/C21H17BrN2O3/c22-19-11-10-18(27-19)20(25)23-16-8-3-6-15(13-16)21(26)24-12-4-7-14-5-1-2-9-17(14)24/h1-3,5-6,8-11,13H,4,7,12H2,(H,23,25). The van der Waals surface area contributed by atoms with E-state index in [0.717, 1.165) is 18.5 Å². The monoisotopic (exact) mass is 424 g/mol. The third kappa shape index (κ3) is 3.66. The summed E-state index contributed by atoms with van der Waals surface area (Å²) in [4.78, 5) is 27.1. The molecule has 2 amide bonds. The number of halogens is 1. The average molecular weight is 425 g/mol. The molecule has 0 saturated carbocycles. The molecule has 0 bridgehead atoms. The number of nitrogens with one attached hydrogen (secondary N) is 1. The first kappa shape index (κ1) is 17.5. The molecule has 0 unspecified atom stereocenters. The van der Waals surface area contributed by atoms with Gasteiger partial charge < -0.3 is 14.6 Å². The van der Waals surface area contributed by atoms with Crippen molar-refractivity contribution < 1.29 is 14.0 Å². The summed E-state index contributed by atoms with van der Waals surface area (Å²) in [6, 6.07) is 18.2. The van der Waals surface area contributed by atoms with Crippen LogP contribution in [-0.2, 0) is 6.42 Å². The number of amides is 2. The molecule has 0 aliphatic carbocycles. The van der Waals surface area contributed by atoms with Crippen molar-refractivity contribution in [1.29, 1.82) is 0 Å². The third-order valence-electron chi connectivity index (χ3n) is 4.52. The molecule has 0 fully saturated rings. The first-order valence-electron chi connectivity index (χ1n) is 8.68. The quantitative estimate of drug-likeness (QED) is 0.650. The van der Waals surface area contributed by atoms with Gasteiger partial charge in [-0.15, -0.1) is 0 Å². The molecule has 0 radical (unpaired) electrons. The van der Waals surface area contributed by atoms with E-state index in [9.17, 15) is 9.59 Å². The van der Waals surface area contributed by atoms with E-state index < -0.39 is 0 Å². The van der Waals surface area contributed by atoms with E-state index >= 15 is 0 Å². The van der Waals surface area contributed by atoms with Crippen molar-refractivity contribution in [1.82, 2.24) is 0 Å². The normalized spacial score (nSPS) is 13.1. The smallest absolute Gasteiger partial charge is 0.291 e. The number of para-hydroxylation sites is 1. The van der Waals surface area contributed by atoms with Crippen molar-refractivity contribution in [2.75, 3.05) is 16.8 Å². The predicted molar refractivity (Wildman–Crippen MR) is 107 cm³/mol. The molecule has 1 aliphatic heterocycles. The molecule has 136 valence electrons. The predicted octanol–water partition coefficient (Wildman–Crippen LogP) is 4.89. The molecule has 1 aromatic heterocycles. The minimum Gasteiger partial charge on any atom is -0.444 e. The van der Waals surface area contributed by atoms with E-state index in [1.54, 1.807) is 36.4 Å². The minimum absolute atomic E-state index is 0.0704. The zero-order chi connectivity index (χ0) is 18.8. The molecule has 4 rings (SSSR count). The molecule has 0 spiro atoms. The molecule has 1 N–H and O–H groups in total. The van der Waals surface area contributed by atoms with Gasteiger partial charge in [0.15, 0.2) is 10.4 Å². The number of fused-ring (bicyclic) bond motifs is 1. The summed E-state index contributed by atoms with van der Waals surface area (Å²) >= 11 is 3.18. The van der Waals surface area contributed by atoms with Crippen LogP contribution in [0.4, 0.5) is 11.4 Å². The Kier molecular flexibility index (Phi) is 4.81. The molecule has 1 aliphatic rings. The van der Waals surface area contributed by atoms with Crippen molar-refractivity contribution in [2.24, 2.45) is 0 Å². The highest BCUT2D eigenvalue weighted by Crippen LogP contribution is 2.28. The van der Waals surface area contributed by atoms with Crippen molar-refractivity contribution >= 4 is 39.1 Å². The summed E-state index contributed by atoms with van der Waals surface area (Å²) in [5.41, 5.74) is 3.22. The van der Waals surface area contributed by atoms with Crippen molar-refractivity contribution in [3.8, 4) is 0 Å². The number of benzene rings is 2. The number of hydrogen-bond acceptors (Lipinski definition) is 3. The van der Waals surface area contributed by atoms with Crippen LogP contribution in [0.5, 0.6) is 0 Å². The van der Waals surface area contributed by atoms with E-state index in [1.165, 1.54) is 5.56 Å². The highest BCUT2D eigenvalue weighted by Gasteiger charge is 2.23. The number of aryl methyl sites for hydroxylation is 1. The van der Waals surface area contributed by atoms with Gasteiger partial charge in [-0.25, -0.2) is 0 Å². The van der Waals surface area contributed by atoms with Crippen molar-refractivity contribution in [3.63, 3.8) is 0 Å². The van der Waals surface area contributed by atoms with Gasteiger partial charge in [0.05, 0.1) is 0 Å². The van der Waals surface area contributed by atoms with Crippen LogP contribution in [0, 0.1) is 0 Å². The fraction of sp³-hybridized carbons (Fsp3) is 0.143. The Balaban J connectivity index is 1.56. The summed E-state index contributed by atoms with van der Waals surface area (Å²) < 4.78 is 5.75. The molecule has 2 aromatic carbocycles. The third-order valence-corrected chi connectivity index (χ3v) is 4.95. The van der Waals surface area contributed by atoms with Gasteiger partial charge in [0.1, 0.15) is 0 Å². The maximum absolute atomic E-state index is 13.1. The van der Waals surface area contributed by atoms with Crippen molar-refractivity contribution in [2.45, 2.75) is 12.8 Å². The van der Waals surface area contributed by atoms with E-state index in [0.29, 0.717) is 22.5 Å². The van der Waals surface area contributed by atoms with Crippen LogP contribution in [0.25, 0.3) is 0 Å². The highest BCUT2D eigenvalue weighted by molar-refractivity contribution is 9.10. The zero-order valence-electron chi connectivity index (χ0n) is 14.4. The molecule has 6 heteroatoms. The Bertz CT molecular complexity index is 1010. The second-order valence-electron chi connectivity index (χ2n) is 6.33. The van der Waals surface area contributed by atoms with Crippen LogP contribution in [-0.4, -0.2) is 18.4 Å². The van der Waals surface area contributed by atoms with Crippen LogP contribution < -0.4 is 10.2 Å². The molecule has 0 atom stereocenters. The summed E-state index contributed by atoms with van der Waals surface area (Å²) in [6.45, 7) is 0.687. The average Bonchev–Trinajstić information content (AvgIpc) is 3.14. The topological polar surface area (TPSA) is 62.6 Å². The number of furan rings is 1. The molecule has 27 heavy (non-hydrogen) atoms. The molecular formula is C21H17BrN2O3. The second-order valence-corrected chi connectivity index (χ2v) is 7.11. The van der Waals surface area contributed by atoms with E-state index in [-0.39, 0.29) is 17.6 Å². The highest BCUT2D eigenvalue weighted by atomic mass is 79.9. The number of rotatable bonds is 3. The maximum Gasteiger partial charge on any atom is 0.291 e. The van der Waals surface area contributed by atoms with Crippen LogP contribution in [0.15, 0.2) is 69.8 Å². The number of carbonyl (C=O) groups is 2. The number of nitrogens with zero attached hydrogens (tertiary/aromatic N) is 1. The van der Waals surface area contributed by atoms with Gasteiger partial charge >= 0.3 is 0 Å². The van der Waals surface area contributed by atoms with Crippen LogP contribution in [0.1, 0.15) is 32.9 Å². The Labute approximate surface area is 165 Å². The lowest BCUT2D eigenvalue weighted by Crippen LogP contribution is -2.35. The Morgan fingerprint density at radius 1 is 1.04 bits per heavy atom. The largest absolute Gasteiger partial charge is 0.444 e. The summed E-state index contributed by atoms with van der Waals surface area (Å²) in [6.07, 6.45) is 1.92. The van der Waals surface area contributed by atoms with Crippen LogP contribution in [0.3, 0.4) is 0 Å². The van der Waals surface area contributed by atoms with E-state index in [2.05, 4.69) is 27.3 Å². The lowest BCUT2D eigenvalue weighted by Gasteiger charge is -2.29. The molecule has 0 saturated heterocycles. The van der Waals surface area contributed by atoms with Gasteiger partial charge in [-0.05, 0) is 70.7 Å². The second kappa shape index (κ2) is 7.40. The molecular weight excluding hydrogens is 408 g/mol. The number of anilines is 2. The Morgan fingerprint density at radius 3 is 2.70 bits per heavy atom. The first-order valence-corrected chi connectivity index (χ1v) is 9.47. The van der Waals surface area contributed by atoms with Crippen molar-refractivity contribution in [3.05, 3.63) is 82.2 Å².